The van der Waals surface area contributed by atoms with Crippen molar-refractivity contribution in [3.8, 4) is 16.9 Å². The first-order chi connectivity index (χ1) is 17.4. The maximum Gasteiger partial charge on any atom is 0.310 e. The number of nitrogens with two attached hydrogens (primary N) is 1. The van der Waals surface area contributed by atoms with E-state index in [0.29, 0.717) is 40.2 Å². The van der Waals surface area contributed by atoms with Crippen molar-refractivity contribution in [2.24, 2.45) is 5.73 Å². The van der Waals surface area contributed by atoms with Gasteiger partial charge in [0.1, 0.15) is 35.6 Å². The van der Waals surface area contributed by atoms with E-state index < -0.39 is 0 Å². The number of methoxy groups -OCH3 is 1. The molecule has 0 aliphatic rings. The summed E-state index contributed by atoms with van der Waals surface area (Å²) >= 11 is 0. The number of halogens is 1. The van der Waals surface area contributed by atoms with Gasteiger partial charge < -0.3 is 24.4 Å². The van der Waals surface area contributed by atoms with Gasteiger partial charge in [0, 0.05) is 35.7 Å². The van der Waals surface area contributed by atoms with E-state index in [4.69, 9.17) is 24.4 Å². The van der Waals surface area contributed by atoms with Gasteiger partial charge in [0.05, 0.1) is 13.0 Å². The highest BCUT2D eigenvalue weighted by atomic mass is 19.1. The van der Waals surface area contributed by atoms with Crippen LogP contribution in [0.3, 0.4) is 0 Å². The average molecular weight is 492 g/mol. The molecule has 0 amide bonds. The summed E-state index contributed by atoms with van der Waals surface area (Å²) in [6.07, 6.45) is -0.265. The summed E-state index contributed by atoms with van der Waals surface area (Å²) in [5.41, 5.74) is 9.50. The van der Waals surface area contributed by atoms with Gasteiger partial charge in [-0.25, -0.2) is 4.39 Å². The van der Waals surface area contributed by atoms with Crippen LogP contribution in [0.4, 0.5) is 4.39 Å². The van der Waals surface area contributed by atoms with E-state index in [1.807, 2.05) is 49.4 Å². The van der Waals surface area contributed by atoms with Gasteiger partial charge >= 0.3 is 5.97 Å². The van der Waals surface area contributed by atoms with Crippen molar-refractivity contribution in [3.05, 3.63) is 88.9 Å². The quantitative estimate of drug-likeness (QED) is 0.286. The maximum atomic E-state index is 15.2. The molecule has 1 aromatic heterocycles. The highest BCUT2D eigenvalue weighted by Gasteiger charge is 2.17. The number of hydrogen-bond donors (Lipinski definition) is 1. The Morgan fingerprint density at radius 1 is 1.06 bits per heavy atom. The second kappa shape index (κ2) is 11.4. The molecule has 1 heterocycles. The number of ether oxygens (including phenoxy) is 3. The second-order valence-corrected chi connectivity index (χ2v) is 8.72. The molecule has 0 bridgehead atoms. The van der Waals surface area contributed by atoms with Crippen molar-refractivity contribution in [3.63, 3.8) is 0 Å². The van der Waals surface area contributed by atoms with E-state index in [-0.39, 0.29) is 37.5 Å². The van der Waals surface area contributed by atoms with Crippen LogP contribution in [0.15, 0.2) is 65.1 Å². The lowest BCUT2D eigenvalue weighted by molar-refractivity contribution is -0.149. The van der Waals surface area contributed by atoms with Crippen molar-refractivity contribution in [1.29, 1.82) is 0 Å². The zero-order chi connectivity index (χ0) is 25.7. The third kappa shape index (κ3) is 5.75. The Labute approximate surface area is 209 Å². The Bertz CT molecular complexity index is 1360. The van der Waals surface area contributed by atoms with Gasteiger partial charge in [-0.2, -0.15) is 0 Å². The molecule has 36 heavy (non-hydrogen) atoms. The summed E-state index contributed by atoms with van der Waals surface area (Å²) in [5, 5.41) is 0.817. The van der Waals surface area contributed by atoms with Crippen molar-refractivity contribution >= 4 is 16.9 Å². The molecule has 4 aromatic rings. The third-order valence-electron chi connectivity index (χ3n) is 5.84. The zero-order valence-electron chi connectivity index (χ0n) is 20.7. The molecule has 0 saturated heterocycles. The van der Waals surface area contributed by atoms with E-state index in [1.165, 1.54) is 0 Å². The Morgan fingerprint density at radius 3 is 2.61 bits per heavy atom. The summed E-state index contributed by atoms with van der Waals surface area (Å²) in [4.78, 5) is 12.4. The number of carbonyl (C=O) groups excluding carboxylic acids is 1. The number of para-hydroxylation sites is 1. The van der Waals surface area contributed by atoms with E-state index >= 15 is 4.39 Å². The number of fused-ring (bicyclic) bond motifs is 1. The summed E-state index contributed by atoms with van der Waals surface area (Å²) in [7, 11) is 1.56. The minimum atomic E-state index is -0.361. The number of esters is 1. The van der Waals surface area contributed by atoms with Crippen LogP contribution in [-0.4, -0.2) is 25.8 Å². The van der Waals surface area contributed by atoms with Gasteiger partial charge in [-0.3, -0.25) is 4.79 Å². The molecule has 6 nitrogen and oxygen atoms in total. The number of carbonyl (C=O) groups is 1. The van der Waals surface area contributed by atoms with E-state index in [1.54, 1.807) is 32.2 Å². The summed E-state index contributed by atoms with van der Waals surface area (Å²) in [6.45, 7) is 4.28. The Balaban J connectivity index is 1.60. The molecule has 4 rings (SSSR count). The van der Waals surface area contributed by atoms with Crippen molar-refractivity contribution in [2.45, 2.75) is 39.5 Å². The molecule has 0 aliphatic heterocycles. The molecular formula is C29H30FNO5. The van der Waals surface area contributed by atoms with Gasteiger partial charge in [0.15, 0.2) is 0 Å². The predicted octanol–water partition coefficient (Wildman–Crippen LogP) is 5.71. The van der Waals surface area contributed by atoms with Crippen LogP contribution in [0.1, 0.15) is 29.4 Å². The molecular weight excluding hydrogens is 461 g/mol. The fraction of sp³-hybridized carbons (Fsp3) is 0.276. The number of aryl methyl sites for hydroxylation is 1. The molecule has 2 N–H and O–H groups in total. The van der Waals surface area contributed by atoms with Crippen LogP contribution in [0.2, 0.25) is 0 Å². The lowest BCUT2D eigenvalue weighted by Gasteiger charge is -2.15. The molecule has 188 valence electrons. The van der Waals surface area contributed by atoms with Gasteiger partial charge in [-0.1, -0.05) is 36.4 Å². The Kier molecular flexibility index (Phi) is 8.03. The second-order valence-electron chi connectivity index (χ2n) is 8.72. The van der Waals surface area contributed by atoms with Crippen molar-refractivity contribution < 1.29 is 27.8 Å². The average Bonchev–Trinajstić information content (AvgIpc) is 3.23. The monoisotopic (exact) mass is 491 g/mol. The first-order valence-electron chi connectivity index (χ1n) is 11.8. The molecule has 0 spiro atoms. The Morgan fingerprint density at radius 2 is 1.83 bits per heavy atom. The third-order valence-corrected chi connectivity index (χ3v) is 5.84. The van der Waals surface area contributed by atoms with Crippen LogP contribution in [-0.2, 0) is 33.8 Å². The number of rotatable bonds is 10. The zero-order valence-corrected chi connectivity index (χ0v) is 20.7. The first-order valence-corrected chi connectivity index (χ1v) is 11.8. The van der Waals surface area contributed by atoms with Crippen LogP contribution in [0, 0.1) is 12.7 Å². The standard InChI is InChI=1S/C29H30FNO5/c1-18-11-25-24(23-9-6-8-22(15-31)29(23)30)12-20(13-27(25)35-18)17-34-26-10-5-4-7-21(26)14-28(32)36-19(2)16-33-3/h4-13,19H,14-17,31H2,1-3H3. The minimum absolute atomic E-state index is 0.0724. The largest absolute Gasteiger partial charge is 0.489 e. The van der Waals surface area contributed by atoms with Gasteiger partial charge in [-0.15, -0.1) is 0 Å². The first kappa shape index (κ1) is 25.4. The van der Waals surface area contributed by atoms with E-state index in [0.717, 1.165) is 16.7 Å². The van der Waals surface area contributed by atoms with Crippen LogP contribution < -0.4 is 10.5 Å². The number of furan rings is 1. The van der Waals surface area contributed by atoms with Gasteiger partial charge in [0.25, 0.3) is 0 Å². The maximum absolute atomic E-state index is 15.2. The lowest BCUT2D eigenvalue weighted by atomic mass is 9.97. The molecule has 1 unspecified atom stereocenters. The molecule has 3 aromatic carbocycles. The molecule has 0 fully saturated rings. The molecule has 0 radical (unpaired) electrons. The topological polar surface area (TPSA) is 83.9 Å². The highest BCUT2D eigenvalue weighted by Crippen LogP contribution is 2.35. The van der Waals surface area contributed by atoms with Crippen LogP contribution in [0.5, 0.6) is 5.75 Å². The molecule has 7 heteroatoms. The van der Waals surface area contributed by atoms with Crippen molar-refractivity contribution in [2.75, 3.05) is 13.7 Å². The SMILES string of the molecule is COCC(C)OC(=O)Cc1ccccc1OCc1cc(-c2cccc(CN)c2F)c2cc(C)oc2c1. The van der Waals surface area contributed by atoms with E-state index in [9.17, 15) is 4.79 Å². The molecule has 1 atom stereocenters. The molecule has 0 aliphatic carbocycles. The minimum Gasteiger partial charge on any atom is -0.489 e. The van der Waals surface area contributed by atoms with Gasteiger partial charge in [0.2, 0.25) is 0 Å². The highest BCUT2D eigenvalue weighted by molar-refractivity contribution is 5.95. The van der Waals surface area contributed by atoms with Gasteiger partial charge in [-0.05, 0) is 49.2 Å². The Hall–Kier alpha value is -3.68. The fourth-order valence-electron chi connectivity index (χ4n) is 4.22. The summed E-state index contributed by atoms with van der Waals surface area (Å²) in [5.74, 6) is 0.596. The smallest absolute Gasteiger partial charge is 0.310 e. The van der Waals surface area contributed by atoms with Crippen LogP contribution in [0.25, 0.3) is 22.1 Å². The van der Waals surface area contributed by atoms with Crippen LogP contribution >= 0.6 is 0 Å². The molecule has 0 saturated carbocycles. The number of hydrogen-bond acceptors (Lipinski definition) is 6. The fourth-order valence-corrected chi connectivity index (χ4v) is 4.22. The summed E-state index contributed by atoms with van der Waals surface area (Å²) < 4.78 is 37.6. The normalized spacial score (nSPS) is 12.0. The number of benzene rings is 3. The summed E-state index contributed by atoms with van der Waals surface area (Å²) in [6, 6.07) is 18.2. The van der Waals surface area contributed by atoms with Crippen molar-refractivity contribution in [1.82, 2.24) is 0 Å². The predicted molar refractivity (Wildman–Crippen MR) is 136 cm³/mol. The lowest BCUT2D eigenvalue weighted by Crippen LogP contribution is -2.21. The van der Waals surface area contributed by atoms with E-state index in [2.05, 4.69) is 0 Å².